The summed E-state index contributed by atoms with van der Waals surface area (Å²) >= 11 is 0. The van der Waals surface area contributed by atoms with Crippen molar-refractivity contribution in [1.29, 1.82) is 0 Å². The number of hydrogen-bond donors (Lipinski definition) is 0. The van der Waals surface area contributed by atoms with E-state index in [1.54, 1.807) is 14.1 Å². The molecule has 42 valence electrons. The Morgan fingerprint density at radius 1 is 1.43 bits per heavy atom. The van der Waals surface area contributed by atoms with E-state index in [-0.39, 0.29) is 0 Å². The van der Waals surface area contributed by atoms with Gasteiger partial charge in [0.05, 0.1) is 6.20 Å². The summed E-state index contributed by atoms with van der Waals surface area (Å²) in [5, 5.41) is 0. The van der Waals surface area contributed by atoms with Gasteiger partial charge in [-0.2, -0.15) is 8.78 Å². The molecule has 0 bridgehead atoms. The minimum Gasteiger partial charge on any atom is -0.379 e. The van der Waals surface area contributed by atoms with Crippen molar-refractivity contribution in [3.63, 3.8) is 0 Å². The highest BCUT2D eigenvalue weighted by Gasteiger charge is 1.84. The van der Waals surface area contributed by atoms with E-state index in [1.165, 1.54) is 4.90 Å². The fourth-order valence-corrected chi connectivity index (χ4v) is 0.195. The summed E-state index contributed by atoms with van der Waals surface area (Å²) in [6.07, 6.45) is -0.912. The van der Waals surface area contributed by atoms with Crippen LogP contribution in [-0.2, 0) is 0 Å². The van der Waals surface area contributed by atoms with E-state index >= 15 is 0 Å². The standard InChI is InChI=1S/C4H7F2N/c1-7(2)3-4(5)6/h3H,1-2H3. The maximum atomic E-state index is 11.1. The molecule has 0 fully saturated rings. The Hall–Kier alpha value is -0.600. The summed E-state index contributed by atoms with van der Waals surface area (Å²) in [6, 6.07) is 0. The lowest BCUT2D eigenvalue weighted by Crippen LogP contribution is -2.00. The summed E-state index contributed by atoms with van der Waals surface area (Å²) in [5.41, 5.74) is 0. The lowest BCUT2D eigenvalue weighted by Gasteiger charge is -1.99. The monoisotopic (exact) mass is 107 g/mol. The Labute approximate surface area is 41.2 Å². The Kier molecular flexibility index (Phi) is 2.33. The lowest BCUT2D eigenvalue weighted by molar-refractivity contribution is 0.390. The van der Waals surface area contributed by atoms with E-state index in [2.05, 4.69) is 0 Å². The number of halogens is 2. The van der Waals surface area contributed by atoms with E-state index in [0.29, 0.717) is 0 Å². The highest BCUT2D eigenvalue weighted by molar-refractivity contribution is 4.76. The van der Waals surface area contributed by atoms with Crippen molar-refractivity contribution in [2.24, 2.45) is 0 Å². The smallest absolute Gasteiger partial charge is 0.285 e. The maximum Gasteiger partial charge on any atom is 0.285 e. The van der Waals surface area contributed by atoms with Gasteiger partial charge >= 0.3 is 0 Å². The molecule has 0 unspecified atom stereocenters. The molecular weight excluding hydrogens is 100 g/mol. The van der Waals surface area contributed by atoms with E-state index < -0.39 is 6.08 Å². The second-order valence-corrected chi connectivity index (χ2v) is 1.38. The van der Waals surface area contributed by atoms with Crippen molar-refractivity contribution in [1.82, 2.24) is 4.90 Å². The molecule has 0 saturated heterocycles. The van der Waals surface area contributed by atoms with Gasteiger partial charge in [-0.05, 0) is 0 Å². The molecule has 1 nitrogen and oxygen atoms in total. The zero-order valence-corrected chi connectivity index (χ0v) is 4.28. The van der Waals surface area contributed by atoms with Gasteiger partial charge in [0.1, 0.15) is 0 Å². The summed E-state index contributed by atoms with van der Waals surface area (Å²) in [5.74, 6) is 0. The molecule has 0 atom stereocenters. The van der Waals surface area contributed by atoms with Crippen molar-refractivity contribution in [2.45, 2.75) is 0 Å². The first-order valence-electron chi connectivity index (χ1n) is 1.82. The maximum absolute atomic E-state index is 11.1. The fraction of sp³-hybridized carbons (Fsp3) is 0.500. The second-order valence-electron chi connectivity index (χ2n) is 1.38. The topological polar surface area (TPSA) is 3.24 Å². The zero-order valence-electron chi connectivity index (χ0n) is 4.28. The van der Waals surface area contributed by atoms with Crippen molar-refractivity contribution in [3.8, 4) is 0 Å². The summed E-state index contributed by atoms with van der Waals surface area (Å²) in [6.45, 7) is 0. The molecule has 0 rings (SSSR count). The van der Waals surface area contributed by atoms with Crippen LogP contribution in [0.3, 0.4) is 0 Å². The average molecular weight is 107 g/mol. The Morgan fingerprint density at radius 2 is 1.86 bits per heavy atom. The highest BCUT2D eigenvalue weighted by atomic mass is 19.3. The molecule has 0 aromatic carbocycles. The first kappa shape index (κ1) is 6.40. The van der Waals surface area contributed by atoms with Gasteiger partial charge in [0.25, 0.3) is 6.08 Å². The number of hydrogen-bond acceptors (Lipinski definition) is 1. The molecule has 0 aliphatic rings. The van der Waals surface area contributed by atoms with Crippen LogP contribution in [0, 0.1) is 0 Å². The third-order valence-corrected chi connectivity index (χ3v) is 0.356. The van der Waals surface area contributed by atoms with Crippen LogP contribution in [0.15, 0.2) is 12.3 Å². The largest absolute Gasteiger partial charge is 0.379 e. The molecule has 0 aliphatic heterocycles. The Balaban J connectivity index is 3.45. The van der Waals surface area contributed by atoms with Crippen LogP contribution in [0.5, 0.6) is 0 Å². The van der Waals surface area contributed by atoms with Gasteiger partial charge in [0.2, 0.25) is 0 Å². The predicted octanol–water partition coefficient (Wildman–Crippen LogP) is 1.29. The molecule has 0 aliphatic carbocycles. The van der Waals surface area contributed by atoms with E-state index in [4.69, 9.17) is 0 Å². The Morgan fingerprint density at radius 3 is 1.86 bits per heavy atom. The molecule has 0 heterocycles. The summed E-state index contributed by atoms with van der Waals surface area (Å²) in [7, 11) is 3.08. The predicted molar refractivity (Wildman–Crippen MR) is 24.0 cm³/mol. The van der Waals surface area contributed by atoms with Gasteiger partial charge in [-0.25, -0.2) is 0 Å². The molecule has 7 heavy (non-hydrogen) atoms. The third kappa shape index (κ3) is 5.40. The van der Waals surface area contributed by atoms with Gasteiger partial charge in [0.15, 0.2) is 0 Å². The van der Waals surface area contributed by atoms with E-state index in [0.717, 1.165) is 6.20 Å². The van der Waals surface area contributed by atoms with Crippen LogP contribution in [0.25, 0.3) is 0 Å². The molecule has 0 amide bonds. The second kappa shape index (κ2) is 2.55. The van der Waals surface area contributed by atoms with Crippen molar-refractivity contribution >= 4 is 0 Å². The van der Waals surface area contributed by atoms with Crippen molar-refractivity contribution < 1.29 is 8.78 Å². The zero-order chi connectivity index (χ0) is 5.86. The molecule has 3 heteroatoms. The molecule has 0 radical (unpaired) electrons. The number of rotatable bonds is 1. The fourth-order valence-electron chi connectivity index (χ4n) is 0.195. The van der Waals surface area contributed by atoms with Crippen LogP contribution >= 0.6 is 0 Å². The van der Waals surface area contributed by atoms with Gasteiger partial charge in [-0.15, -0.1) is 0 Å². The van der Waals surface area contributed by atoms with Crippen LogP contribution in [0.4, 0.5) is 8.78 Å². The van der Waals surface area contributed by atoms with Gasteiger partial charge in [0, 0.05) is 14.1 Å². The van der Waals surface area contributed by atoms with E-state index in [1.807, 2.05) is 0 Å². The molecule has 0 aromatic heterocycles. The number of nitrogens with zero attached hydrogens (tertiary/aromatic N) is 1. The van der Waals surface area contributed by atoms with Crippen LogP contribution in [-0.4, -0.2) is 19.0 Å². The molecule has 0 spiro atoms. The van der Waals surface area contributed by atoms with Crippen LogP contribution < -0.4 is 0 Å². The summed E-state index contributed by atoms with van der Waals surface area (Å²) in [4.78, 5) is 1.29. The first-order valence-corrected chi connectivity index (χ1v) is 1.82. The SMILES string of the molecule is CN(C)C=C(F)F. The van der Waals surface area contributed by atoms with E-state index in [9.17, 15) is 8.78 Å². The molecule has 0 aromatic rings. The third-order valence-electron chi connectivity index (χ3n) is 0.356. The minimum atomic E-state index is -1.66. The van der Waals surface area contributed by atoms with Gasteiger partial charge in [-0.3, -0.25) is 0 Å². The molecule has 0 N–H and O–H groups in total. The lowest BCUT2D eigenvalue weighted by atomic mass is 10.8. The Bertz CT molecular complexity index is 73.8. The minimum absolute atomic E-state index is 0.750. The van der Waals surface area contributed by atoms with Crippen LogP contribution in [0.2, 0.25) is 0 Å². The quantitative estimate of drug-likeness (QED) is 0.488. The molecular formula is C4H7F2N. The molecule has 0 saturated carbocycles. The van der Waals surface area contributed by atoms with Crippen molar-refractivity contribution in [3.05, 3.63) is 12.3 Å². The normalized spacial score (nSPS) is 8.00. The van der Waals surface area contributed by atoms with Crippen LogP contribution in [0.1, 0.15) is 0 Å². The van der Waals surface area contributed by atoms with Gasteiger partial charge < -0.3 is 4.90 Å². The average Bonchev–Trinajstić information content (AvgIpc) is 1.27. The van der Waals surface area contributed by atoms with Crippen molar-refractivity contribution in [2.75, 3.05) is 14.1 Å². The summed E-state index contributed by atoms with van der Waals surface area (Å²) < 4.78 is 22.2. The first-order chi connectivity index (χ1) is 3.13. The van der Waals surface area contributed by atoms with Gasteiger partial charge in [-0.1, -0.05) is 0 Å². The highest BCUT2D eigenvalue weighted by Crippen LogP contribution is 1.95.